The zero-order valence-corrected chi connectivity index (χ0v) is 26.1. The second-order valence-corrected chi connectivity index (χ2v) is 12.0. The fourth-order valence-electron chi connectivity index (χ4n) is 5.44. The topological polar surface area (TPSA) is 104 Å². The Morgan fingerprint density at radius 2 is 1.74 bits per heavy atom. The Morgan fingerprint density at radius 1 is 1.02 bits per heavy atom. The lowest BCUT2D eigenvalue weighted by Gasteiger charge is -2.18. The molecule has 9 heteroatoms. The number of carbonyl (C=O) groups excluding carboxylic acids is 3. The van der Waals surface area contributed by atoms with Crippen molar-refractivity contribution in [2.45, 2.75) is 71.8 Å². The molecule has 0 fully saturated rings. The Morgan fingerprint density at radius 3 is 2.40 bits per heavy atom. The monoisotopic (exact) mass is 594 g/mol. The van der Waals surface area contributed by atoms with Crippen LogP contribution in [-0.4, -0.2) is 42.6 Å². The standard InChI is InChI=1S/C33H43N2O6P/c1-5-13-29-32(34-30(37)23-36)31(28(33(38)41-6-2)18-10-11-19-42(39)40-4)24(3)35(29)22-27-17-12-16-26(21-27)20-25-14-8-7-9-15-25/h7-9,12,14-17,21,23,28,42H,5-6,10-11,13,18-20,22H2,1-4H3,(H,34,37). The van der Waals surface area contributed by atoms with Gasteiger partial charge in [0, 0.05) is 36.8 Å². The SMILES string of the molecule is CCCc1c(NC(=O)C=O)c(C(CCCC[PH](=O)OC)C(=O)OCC)c(C)n1Cc1cccc(Cc2ccccc2)c1. The van der Waals surface area contributed by atoms with Crippen molar-refractivity contribution in [2.75, 3.05) is 25.2 Å². The van der Waals surface area contributed by atoms with Gasteiger partial charge >= 0.3 is 5.97 Å². The molecule has 0 aliphatic carbocycles. The predicted molar refractivity (Wildman–Crippen MR) is 167 cm³/mol. The number of amides is 1. The molecule has 0 bridgehead atoms. The van der Waals surface area contributed by atoms with Gasteiger partial charge in [-0.3, -0.25) is 18.9 Å². The maximum atomic E-state index is 13.3. The number of anilines is 1. The molecule has 42 heavy (non-hydrogen) atoms. The maximum Gasteiger partial charge on any atom is 0.313 e. The molecule has 0 aliphatic rings. The second kappa shape index (κ2) is 16.8. The molecule has 1 N–H and O–H groups in total. The molecular formula is C33H43N2O6P. The van der Waals surface area contributed by atoms with E-state index in [1.165, 1.54) is 18.2 Å². The number of ether oxygens (including phenoxy) is 1. The first-order valence-electron chi connectivity index (χ1n) is 14.7. The van der Waals surface area contributed by atoms with E-state index < -0.39 is 19.9 Å². The minimum atomic E-state index is -2.09. The van der Waals surface area contributed by atoms with Gasteiger partial charge in [0.1, 0.15) is 0 Å². The third-order valence-corrected chi connectivity index (χ3v) is 8.59. The summed E-state index contributed by atoms with van der Waals surface area (Å²) in [4.78, 5) is 37.2. The molecule has 0 saturated carbocycles. The van der Waals surface area contributed by atoms with Crippen LogP contribution >= 0.6 is 8.03 Å². The largest absolute Gasteiger partial charge is 0.466 e. The molecule has 226 valence electrons. The zero-order chi connectivity index (χ0) is 30.5. The third kappa shape index (κ3) is 9.01. The molecule has 3 aromatic rings. The average Bonchev–Trinajstić information content (AvgIpc) is 3.23. The molecule has 0 saturated heterocycles. The number of unbranched alkanes of at least 4 members (excludes halogenated alkanes) is 1. The molecule has 8 nitrogen and oxygen atoms in total. The number of nitrogens with zero attached hydrogens (tertiary/aromatic N) is 1. The Labute approximate surface area is 249 Å². The number of rotatable bonds is 17. The number of nitrogens with one attached hydrogen (secondary N) is 1. The van der Waals surface area contributed by atoms with E-state index >= 15 is 0 Å². The fourth-order valence-corrected chi connectivity index (χ4v) is 6.19. The van der Waals surface area contributed by atoms with Crippen molar-refractivity contribution in [2.24, 2.45) is 0 Å². The van der Waals surface area contributed by atoms with E-state index in [1.54, 1.807) is 6.92 Å². The first-order chi connectivity index (χ1) is 20.3. The summed E-state index contributed by atoms with van der Waals surface area (Å²) in [5, 5.41) is 2.80. The number of aldehydes is 1. The van der Waals surface area contributed by atoms with Crippen molar-refractivity contribution in [3.05, 3.63) is 88.2 Å². The molecule has 3 rings (SSSR count). The van der Waals surface area contributed by atoms with Gasteiger partial charge in [0.2, 0.25) is 6.29 Å². The van der Waals surface area contributed by atoms with Crippen molar-refractivity contribution in [3.63, 3.8) is 0 Å². The highest BCUT2D eigenvalue weighted by Crippen LogP contribution is 2.39. The summed E-state index contributed by atoms with van der Waals surface area (Å²) in [7, 11) is -0.655. The van der Waals surface area contributed by atoms with E-state index in [1.807, 2.05) is 25.1 Å². The van der Waals surface area contributed by atoms with E-state index in [4.69, 9.17) is 9.26 Å². The Hall–Kier alpha value is -3.48. The Bertz CT molecular complexity index is 1370. The summed E-state index contributed by atoms with van der Waals surface area (Å²) in [6, 6.07) is 18.7. The van der Waals surface area contributed by atoms with E-state index in [0.717, 1.165) is 29.8 Å². The summed E-state index contributed by atoms with van der Waals surface area (Å²) in [5.41, 5.74) is 6.41. The van der Waals surface area contributed by atoms with Crippen LogP contribution in [0.15, 0.2) is 54.6 Å². The average molecular weight is 595 g/mol. The molecular weight excluding hydrogens is 551 g/mol. The number of hydrogen-bond donors (Lipinski definition) is 1. The first-order valence-corrected chi connectivity index (χ1v) is 16.2. The van der Waals surface area contributed by atoms with E-state index in [-0.39, 0.29) is 18.9 Å². The van der Waals surface area contributed by atoms with Gasteiger partial charge < -0.3 is 19.1 Å². The molecule has 2 unspecified atom stereocenters. The molecule has 0 spiro atoms. The highest BCUT2D eigenvalue weighted by atomic mass is 31.1. The van der Waals surface area contributed by atoms with Gasteiger partial charge in [0.05, 0.1) is 18.2 Å². The number of esters is 1. The van der Waals surface area contributed by atoms with Gasteiger partial charge in [-0.05, 0) is 56.2 Å². The normalized spacial score (nSPS) is 12.5. The summed E-state index contributed by atoms with van der Waals surface area (Å²) in [5.74, 6) is -1.80. The second-order valence-electron chi connectivity index (χ2n) is 10.4. The van der Waals surface area contributed by atoms with Crippen LogP contribution in [-0.2, 0) is 47.6 Å². The highest BCUT2D eigenvalue weighted by molar-refractivity contribution is 7.39. The highest BCUT2D eigenvalue weighted by Gasteiger charge is 2.32. The van der Waals surface area contributed by atoms with Gasteiger partial charge in [-0.1, -0.05) is 74.4 Å². The van der Waals surface area contributed by atoms with Crippen LogP contribution in [0.25, 0.3) is 0 Å². The van der Waals surface area contributed by atoms with Gasteiger partial charge in [0.25, 0.3) is 5.91 Å². The lowest BCUT2D eigenvalue weighted by atomic mass is 9.91. The van der Waals surface area contributed by atoms with E-state index in [9.17, 15) is 18.9 Å². The number of carbonyl (C=O) groups is 3. The summed E-state index contributed by atoms with van der Waals surface area (Å²) < 4.78 is 24.4. The van der Waals surface area contributed by atoms with Crippen LogP contribution < -0.4 is 5.32 Å². The van der Waals surface area contributed by atoms with Crippen molar-refractivity contribution >= 4 is 31.9 Å². The van der Waals surface area contributed by atoms with E-state index in [0.29, 0.717) is 49.6 Å². The lowest BCUT2D eigenvalue weighted by molar-refractivity contribution is -0.145. The predicted octanol–water partition coefficient (Wildman–Crippen LogP) is 6.46. The van der Waals surface area contributed by atoms with Crippen LogP contribution in [0, 0.1) is 6.92 Å². The Kier molecular flexibility index (Phi) is 13.2. The smallest absolute Gasteiger partial charge is 0.313 e. The third-order valence-electron chi connectivity index (χ3n) is 7.37. The quantitative estimate of drug-likeness (QED) is 0.0632. The molecule has 2 atom stereocenters. The molecule has 0 aliphatic heterocycles. The summed E-state index contributed by atoms with van der Waals surface area (Å²) in [6.07, 6.45) is 4.65. The van der Waals surface area contributed by atoms with Crippen LogP contribution in [0.5, 0.6) is 0 Å². The van der Waals surface area contributed by atoms with E-state index in [2.05, 4.69) is 53.2 Å². The van der Waals surface area contributed by atoms with Crippen molar-refractivity contribution < 1.29 is 28.2 Å². The van der Waals surface area contributed by atoms with Crippen LogP contribution in [0.2, 0.25) is 0 Å². The molecule has 2 aromatic carbocycles. The Balaban J connectivity index is 2.05. The van der Waals surface area contributed by atoms with Crippen molar-refractivity contribution in [1.29, 1.82) is 0 Å². The van der Waals surface area contributed by atoms with Crippen LogP contribution in [0.3, 0.4) is 0 Å². The van der Waals surface area contributed by atoms with Gasteiger partial charge in [-0.15, -0.1) is 0 Å². The number of aromatic nitrogens is 1. The van der Waals surface area contributed by atoms with Gasteiger partial charge in [0.15, 0.2) is 8.03 Å². The number of benzene rings is 2. The summed E-state index contributed by atoms with van der Waals surface area (Å²) >= 11 is 0. The van der Waals surface area contributed by atoms with Crippen molar-refractivity contribution in [3.8, 4) is 0 Å². The molecule has 1 heterocycles. The lowest BCUT2D eigenvalue weighted by Crippen LogP contribution is -2.20. The first kappa shape index (κ1) is 33.0. The minimum Gasteiger partial charge on any atom is -0.466 e. The zero-order valence-electron chi connectivity index (χ0n) is 25.1. The van der Waals surface area contributed by atoms with Crippen LogP contribution in [0.4, 0.5) is 5.69 Å². The van der Waals surface area contributed by atoms with Gasteiger partial charge in [-0.2, -0.15) is 0 Å². The van der Waals surface area contributed by atoms with Crippen LogP contribution in [0.1, 0.15) is 79.1 Å². The van der Waals surface area contributed by atoms with Crippen molar-refractivity contribution in [1.82, 2.24) is 4.57 Å². The fraction of sp³-hybridized carbons (Fsp3) is 0.424. The number of hydrogen-bond acceptors (Lipinski definition) is 6. The minimum absolute atomic E-state index is 0.221. The van der Waals surface area contributed by atoms with Gasteiger partial charge in [-0.25, -0.2) is 0 Å². The molecule has 1 amide bonds. The summed E-state index contributed by atoms with van der Waals surface area (Å²) in [6.45, 7) is 6.53. The maximum absolute atomic E-state index is 13.3. The molecule has 1 aromatic heterocycles. The molecule has 0 radical (unpaired) electrons.